The fourth-order valence-electron chi connectivity index (χ4n) is 3.31. The quantitative estimate of drug-likeness (QED) is 0.828. The molecule has 1 aliphatic heterocycles. The van der Waals surface area contributed by atoms with Gasteiger partial charge in [-0.15, -0.1) is 0 Å². The van der Waals surface area contributed by atoms with Gasteiger partial charge in [0, 0.05) is 38.8 Å². The maximum Gasteiger partial charge on any atom is 0.317 e. The number of hydrogen-bond acceptors (Lipinski definition) is 4. The zero-order chi connectivity index (χ0) is 19.9. The van der Waals surface area contributed by atoms with Gasteiger partial charge in [0.25, 0.3) is 0 Å². The first-order valence-corrected chi connectivity index (χ1v) is 9.35. The molecule has 1 aliphatic rings. The van der Waals surface area contributed by atoms with E-state index < -0.39 is 0 Å². The lowest BCUT2D eigenvalue weighted by atomic mass is 10.1. The van der Waals surface area contributed by atoms with Gasteiger partial charge < -0.3 is 24.6 Å². The number of urea groups is 1. The molecule has 6 nitrogen and oxygen atoms in total. The van der Waals surface area contributed by atoms with E-state index in [2.05, 4.69) is 10.2 Å². The number of piperazine rings is 1. The second-order valence-corrected chi connectivity index (χ2v) is 6.59. The zero-order valence-electron chi connectivity index (χ0n) is 16.3. The summed E-state index contributed by atoms with van der Waals surface area (Å²) < 4.78 is 24.4. The number of benzene rings is 2. The van der Waals surface area contributed by atoms with E-state index in [4.69, 9.17) is 9.47 Å². The zero-order valence-corrected chi connectivity index (χ0v) is 16.3. The van der Waals surface area contributed by atoms with Crippen molar-refractivity contribution in [3.63, 3.8) is 0 Å². The van der Waals surface area contributed by atoms with E-state index >= 15 is 0 Å². The van der Waals surface area contributed by atoms with Crippen LogP contribution in [-0.2, 0) is 6.42 Å². The topological polar surface area (TPSA) is 54.0 Å². The minimum Gasteiger partial charge on any atom is -0.497 e. The molecule has 1 heterocycles. The van der Waals surface area contributed by atoms with Crippen LogP contribution in [0, 0.1) is 5.82 Å². The van der Waals surface area contributed by atoms with Gasteiger partial charge in [0.1, 0.15) is 17.3 Å². The molecule has 0 radical (unpaired) electrons. The molecule has 0 aromatic heterocycles. The lowest BCUT2D eigenvalue weighted by Crippen LogP contribution is -2.52. The molecule has 0 aliphatic carbocycles. The Morgan fingerprint density at radius 3 is 2.50 bits per heavy atom. The molecule has 2 amide bonds. The highest BCUT2D eigenvalue weighted by atomic mass is 19.1. The Balaban J connectivity index is 1.49. The molecular formula is C21H26FN3O3. The van der Waals surface area contributed by atoms with Gasteiger partial charge in [-0.3, -0.25) is 0 Å². The van der Waals surface area contributed by atoms with Gasteiger partial charge >= 0.3 is 6.03 Å². The van der Waals surface area contributed by atoms with E-state index in [9.17, 15) is 9.18 Å². The minimum atomic E-state index is -0.237. The number of anilines is 1. The molecule has 7 heteroatoms. The number of rotatable bonds is 6. The van der Waals surface area contributed by atoms with Crippen LogP contribution in [0.2, 0.25) is 0 Å². The second kappa shape index (κ2) is 9.30. The first-order valence-electron chi connectivity index (χ1n) is 9.35. The maximum absolute atomic E-state index is 13.6. The molecule has 1 fully saturated rings. The summed E-state index contributed by atoms with van der Waals surface area (Å²) in [6, 6.07) is 12.3. The van der Waals surface area contributed by atoms with Gasteiger partial charge in [-0.1, -0.05) is 18.2 Å². The largest absolute Gasteiger partial charge is 0.497 e. The van der Waals surface area contributed by atoms with E-state index in [0.717, 1.165) is 17.2 Å². The minimum absolute atomic E-state index is 0.113. The van der Waals surface area contributed by atoms with Crippen molar-refractivity contribution in [3.8, 4) is 11.5 Å². The Labute approximate surface area is 164 Å². The molecule has 0 atom stereocenters. The molecule has 2 aromatic carbocycles. The van der Waals surface area contributed by atoms with Crippen molar-refractivity contribution in [2.24, 2.45) is 0 Å². The lowest BCUT2D eigenvalue weighted by molar-refractivity contribution is 0.194. The van der Waals surface area contributed by atoms with Crippen LogP contribution in [0.3, 0.4) is 0 Å². The van der Waals surface area contributed by atoms with Crippen molar-refractivity contribution in [2.45, 2.75) is 6.42 Å². The summed E-state index contributed by atoms with van der Waals surface area (Å²) in [5.74, 6) is 1.26. The summed E-state index contributed by atoms with van der Waals surface area (Å²) in [4.78, 5) is 16.4. The van der Waals surface area contributed by atoms with Crippen molar-refractivity contribution in [1.82, 2.24) is 10.2 Å². The molecule has 3 rings (SSSR count). The van der Waals surface area contributed by atoms with E-state index in [1.807, 2.05) is 18.2 Å². The van der Waals surface area contributed by atoms with Crippen molar-refractivity contribution >= 4 is 11.7 Å². The number of hydrogen-bond donors (Lipinski definition) is 1. The second-order valence-electron chi connectivity index (χ2n) is 6.59. The van der Waals surface area contributed by atoms with Crippen LogP contribution >= 0.6 is 0 Å². The molecule has 2 aromatic rings. The summed E-state index contributed by atoms with van der Waals surface area (Å²) >= 11 is 0. The number of carbonyl (C=O) groups excluding carboxylic acids is 1. The smallest absolute Gasteiger partial charge is 0.317 e. The first-order chi connectivity index (χ1) is 13.6. The highest BCUT2D eigenvalue weighted by Crippen LogP contribution is 2.32. The maximum atomic E-state index is 13.6. The van der Waals surface area contributed by atoms with Crippen molar-refractivity contribution in [2.75, 3.05) is 51.8 Å². The van der Waals surface area contributed by atoms with Gasteiger partial charge in [-0.25, -0.2) is 9.18 Å². The van der Waals surface area contributed by atoms with Crippen molar-refractivity contribution < 1.29 is 18.7 Å². The lowest BCUT2D eigenvalue weighted by Gasteiger charge is -2.36. The monoisotopic (exact) mass is 387 g/mol. The van der Waals surface area contributed by atoms with E-state index in [-0.39, 0.29) is 11.8 Å². The van der Waals surface area contributed by atoms with Gasteiger partial charge in [0.2, 0.25) is 0 Å². The van der Waals surface area contributed by atoms with E-state index in [1.165, 1.54) is 6.07 Å². The molecule has 0 saturated carbocycles. The standard InChI is InChI=1S/C21H26FN3O3/c1-27-17-7-8-19(20(15-17)28-2)24-11-13-25(14-12-24)21(26)23-10-9-16-5-3-4-6-18(16)22/h3-8,15H,9-14H2,1-2H3,(H,23,26). The number of nitrogens with zero attached hydrogens (tertiary/aromatic N) is 2. The highest BCUT2D eigenvalue weighted by molar-refractivity contribution is 5.74. The molecule has 0 unspecified atom stereocenters. The summed E-state index contributed by atoms with van der Waals surface area (Å²) in [6.45, 7) is 3.06. The van der Waals surface area contributed by atoms with Crippen LogP contribution < -0.4 is 19.7 Å². The number of halogens is 1. The van der Waals surface area contributed by atoms with Crippen LogP contribution in [0.1, 0.15) is 5.56 Å². The van der Waals surface area contributed by atoms with Gasteiger partial charge in [-0.05, 0) is 30.2 Å². The normalized spacial score (nSPS) is 14.0. The Kier molecular flexibility index (Phi) is 6.57. The third-order valence-corrected chi connectivity index (χ3v) is 4.92. The van der Waals surface area contributed by atoms with Crippen LogP contribution in [0.15, 0.2) is 42.5 Å². The average molecular weight is 387 g/mol. The summed E-state index contributed by atoms with van der Waals surface area (Å²) in [7, 11) is 3.26. The van der Waals surface area contributed by atoms with Gasteiger partial charge in [0.15, 0.2) is 0 Å². The Hall–Kier alpha value is -2.96. The molecule has 1 N–H and O–H groups in total. The summed E-state index contributed by atoms with van der Waals surface area (Å²) in [6.07, 6.45) is 0.474. The van der Waals surface area contributed by atoms with Crippen LogP contribution in [0.4, 0.5) is 14.9 Å². The fraction of sp³-hybridized carbons (Fsp3) is 0.381. The third-order valence-electron chi connectivity index (χ3n) is 4.92. The molecule has 28 heavy (non-hydrogen) atoms. The van der Waals surface area contributed by atoms with Gasteiger partial charge in [0.05, 0.1) is 19.9 Å². The van der Waals surface area contributed by atoms with E-state index in [1.54, 1.807) is 37.3 Å². The van der Waals surface area contributed by atoms with Gasteiger partial charge in [-0.2, -0.15) is 0 Å². The summed E-state index contributed by atoms with van der Waals surface area (Å²) in [5, 5.41) is 2.88. The Morgan fingerprint density at radius 2 is 1.82 bits per heavy atom. The van der Waals surface area contributed by atoms with Crippen LogP contribution in [0.5, 0.6) is 11.5 Å². The van der Waals surface area contributed by atoms with E-state index in [0.29, 0.717) is 44.7 Å². The summed E-state index contributed by atoms with van der Waals surface area (Å²) in [5.41, 5.74) is 1.60. The molecule has 0 bridgehead atoms. The number of carbonyl (C=O) groups is 1. The van der Waals surface area contributed by atoms with Crippen LogP contribution in [0.25, 0.3) is 0 Å². The average Bonchev–Trinajstić information content (AvgIpc) is 2.74. The molecule has 150 valence electrons. The number of methoxy groups -OCH3 is 2. The molecule has 1 saturated heterocycles. The van der Waals surface area contributed by atoms with Crippen molar-refractivity contribution in [3.05, 3.63) is 53.8 Å². The number of amides is 2. The Morgan fingerprint density at radius 1 is 1.07 bits per heavy atom. The molecular weight excluding hydrogens is 361 g/mol. The Bertz CT molecular complexity index is 807. The number of nitrogens with one attached hydrogen (secondary N) is 1. The SMILES string of the molecule is COc1ccc(N2CCN(C(=O)NCCc3ccccc3F)CC2)c(OC)c1. The third kappa shape index (κ3) is 4.65. The van der Waals surface area contributed by atoms with Crippen molar-refractivity contribution in [1.29, 1.82) is 0 Å². The first kappa shape index (κ1) is 19.8. The number of ether oxygens (including phenoxy) is 2. The van der Waals surface area contributed by atoms with Crippen LogP contribution in [-0.4, -0.2) is 57.9 Å². The highest BCUT2D eigenvalue weighted by Gasteiger charge is 2.23. The predicted molar refractivity (Wildman–Crippen MR) is 107 cm³/mol. The fourth-order valence-corrected chi connectivity index (χ4v) is 3.31. The molecule has 0 spiro atoms. The predicted octanol–water partition coefficient (Wildman–Crippen LogP) is 2.92.